The summed E-state index contributed by atoms with van der Waals surface area (Å²) in [6, 6.07) is 14.6. The highest BCUT2D eigenvalue weighted by molar-refractivity contribution is 9.10. The summed E-state index contributed by atoms with van der Waals surface area (Å²) in [6.45, 7) is 1.52. The maximum atomic E-state index is 12.9. The number of likely N-dealkylation sites (N-methyl/N-ethyl adjacent to an activating group) is 1. The zero-order valence-electron chi connectivity index (χ0n) is 15.7. The minimum atomic E-state index is -0.415. The van der Waals surface area contributed by atoms with Gasteiger partial charge in [-0.25, -0.2) is 4.79 Å². The molecule has 1 atom stereocenters. The number of hydrogen-bond donors (Lipinski definition) is 1. The number of rotatable bonds is 5. The first-order valence-electron chi connectivity index (χ1n) is 9.22. The van der Waals surface area contributed by atoms with E-state index in [0.29, 0.717) is 31.1 Å². The number of nitrogens with zero attached hydrogens (tertiary/aromatic N) is 2. The molecule has 2 aromatic carbocycles. The molecule has 0 aliphatic carbocycles. The molecule has 1 fully saturated rings. The van der Waals surface area contributed by atoms with Crippen LogP contribution in [0.25, 0.3) is 0 Å². The van der Waals surface area contributed by atoms with Gasteiger partial charge in [-0.1, -0.05) is 51.8 Å². The van der Waals surface area contributed by atoms with E-state index in [1.807, 2.05) is 48.5 Å². The van der Waals surface area contributed by atoms with Gasteiger partial charge in [-0.2, -0.15) is 0 Å². The summed E-state index contributed by atoms with van der Waals surface area (Å²) < 4.78 is 0.997. The molecule has 1 saturated heterocycles. The van der Waals surface area contributed by atoms with Crippen LogP contribution in [0.5, 0.6) is 0 Å². The summed E-state index contributed by atoms with van der Waals surface area (Å²) in [5.74, 6) is -0.0359. The minimum absolute atomic E-state index is 0.0359. The van der Waals surface area contributed by atoms with Crippen LogP contribution < -0.4 is 5.32 Å². The van der Waals surface area contributed by atoms with Crippen molar-refractivity contribution in [2.45, 2.75) is 32.0 Å². The first-order chi connectivity index (χ1) is 13.4. The van der Waals surface area contributed by atoms with E-state index in [0.717, 1.165) is 22.0 Å². The van der Waals surface area contributed by atoms with Crippen molar-refractivity contribution in [1.29, 1.82) is 0 Å². The Morgan fingerprint density at radius 2 is 1.79 bits per heavy atom. The number of benzene rings is 2. The van der Waals surface area contributed by atoms with E-state index >= 15 is 0 Å². The van der Waals surface area contributed by atoms with Gasteiger partial charge in [0.05, 0.1) is 0 Å². The number of halogens is 2. The number of carbonyl (C=O) groups is 2. The SMILES string of the molecule is CN(Cc1ccc(Cl)cc1)C(=O)[C@H]1CCCN1C(=O)NCc1ccc(Br)cc1. The molecule has 0 spiro atoms. The smallest absolute Gasteiger partial charge is 0.318 e. The summed E-state index contributed by atoms with van der Waals surface area (Å²) in [5.41, 5.74) is 2.02. The molecule has 0 bridgehead atoms. The van der Waals surface area contributed by atoms with Gasteiger partial charge in [-0.15, -0.1) is 0 Å². The highest BCUT2D eigenvalue weighted by atomic mass is 79.9. The quantitative estimate of drug-likeness (QED) is 0.711. The zero-order chi connectivity index (χ0) is 20.1. The van der Waals surface area contributed by atoms with Crippen LogP contribution in [0.4, 0.5) is 4.79 Å². The lowest BCUT2D eigenvalue weighted by molar-refractivity contribution is -0.134. The Bertz CT molecular complexity index is 827. The van der Waals surface area contributed by atoms with Crippen molar-refractivity contribution in [3.63, 3.8) is 0 Å². The average molecular weight is 465 g/mol. The van der Waals surface area contributed by atoms with E-state index in [9.17, 15) is 9.59 Å². The predicted octanol–water partition coefficient (Wildman–Crippen LogP) is 4.44. The maximum absolute atomic E-state index is 12.9. The molecule has 1 N–H and O–H groups in total. The lowest BCUT2D eigenvalue weighted by Gasteiger charge is -2.28. The third-order valence-electron chi connectivity index (χ3n) is 4.86. The lowest BCUT2D eigenvalue weighted by Crippen LogP contribution is -2.49. The Labute approximate surface area is 178 Å². The molecule has 1 aliphatic heterocycles. The topological polar surface area (TPSA) is 52.7 Å². The molecule has 2 aromatic rings. The normalized spacial score (nSPS) is 16.1. The van der Waals surface area contributed by atoms with Gasteiger partial charge in [-0.05, 0) is 48.2 Å². The van der Waals surface area contributed by atoms with E-state index in [2.05, 4.69) is 21.2 Å². The van der Waals surface area contributed by atoms with E-state index in [1.165, 1.54) is 0 Å². The largest absolute Gasteiger partial charge is 0.340 e. The summed E-state index contributed by atoms with van der Waals surface area (Å²) in [5, 5.41) is 3.59. The first kappa shape index (κ1) is 20.7. The molecule has 0 unspecified atom stereocenters. The number of likely N-dealkylation sites (tertiary alicyclic amines) is 1. The van der Waals surface area contributed by atoms with Gasteiger partial charge >= 0.3 is 6.03 Å². The Balaban J connectivity index is 1.57. The Kier molecular flexibility index (Phi) is 6.97. The molecule has 0 saturated carbocycles. The van der Waals surface area contributed by atoms with Gasteiger partial charge in [0.1, 0.15) is 6.04 Å². The molecule has 0 radical (unpaired) electrons. The fraction of sp³-hybridized carbons (Fsp3) is 0.333. The van der Waals surface area contributed by atoms with Crippen LogP contribution in [-0.2, 0) is 17.9 Å². The highest BCUT2D eigenvalue weighted by Gasteiger charge is 2.35. The van der Waals surface area contributed by atoms with Crippen molar-refractivity contribution < 1.29 is 9.59 Å². The Morgan fingerprint density at radius 1 is 1.14 bits per heavy atom. The molecule has 148 valence electrons. The number of nitrogens with one attached hydrogen (secondary N) is 1. The van der Waals surface area contributed by atoms with Crippen LogP contribution in [0.3, 0.4) is 0 Å². The van der Waals surface area contributed by atoms with E-state index < -0.39 is 6.04 Å². The van der Waals surface area contributed by atoms with Crippen LogP contribution in [0.1, 0.15) is 24.0 Å². The minimum Gasteiger partial charge on any atom is -0.340 e. The first-order valence-corrected chi connectivity index (χ1v) is 10.4. The molecule has 28 heavy (non-hydrogen) atoms. The van der Waals surface area contributed by atoms with Gasteiger partial charge in [0.2, 0.25) is 5.91 Å². The monoisotopic (exact) mass is 463 g/mol. The van der Waals surface area contributed by atoms with Crippen LogP contribution >= 0.6 is 27.5 Å². The third kappa shape index (κ3) is 5.26. The van der Waals surface area contributed by atoms with E-state index in [-0.39, 0.29) is 11.9 Å². The highest BCUT2D eigenvalue weighted by Crippen LogP contribution is 2.20. The number of amides is 3. The second-order valence-electron chi connectivity index (χ2n) is 6.96. The van der Waals surface area contributed by atoms with Crippen LogP contribution in [-0.4, -0.2) is 41.4 Å². The third-order valence-corrected chi connectivity index (χ3v) is 5.65. The number of carbonyl (C=O) groups excluding carboxylic acids is 2. The van der Waals surface area contributed by atoms with E-state index in [4.69, 9.17) is 11.6 Å². The molecule has 3 amide bonds. The van der Waals surface area contributed by atoms with Gasteiger partial charge in [0.25, 0.3) is 0 Å². The summed E-state index contributed by atoms with van der Waals surface area (Å²) in [6.07, 6.45) is 1.52. The summed E-state index contributed by atoms with van der Waals surface area (Å²) in [4.78, 5) is 28.9. The van der Waals surface area contributed by atoms with Crippen molar-refractivity contribution in [1.82, 2.24) is 15.1 Å². The van der Waals surface area contributed by atoms with Crippen LogP contribution in [0.2, 0.25) is 5.02 Å². The van der Waals surface area contributed by atoms with Crippen molar-refractivity contribution >= 4 is 39.5 Å². The molecule has 7 heteroatoms. The van der Waals surface area contributed by atoms with Gasteiger partial charge in [0, 0.05) is 36.2 Å². The van der Waals surface area contributed by atoms with Gasteiger partial charge in [-0.3, -0.25) is 4.79 Å². The fourth-order valence-electron chi connectivity index (χ4n) is 3.34. The number of hydrogen-bond acceptors (Lipinski definition) is 2. The molecule has 0 aromatic heterocycles. The lowest BCUT2D eigenvalue weighted by atomic mass is 10.1. The zero-order valence-corrected chi connectivity index (χ0v) is 18.0. The molecular weight excluding hydrogens is 442 g/mol. The van der Waals surface area contributed by atoms with Crippen LogP contribution in [0, 0.1) is 0 Å². The summed E-state index contributed by atoms with van der Waals surface area (Å²) in [7, 11) is 1.77. The van der Waals surface area contributed by atoms with Crippen LogP contribution in [0.15, 0.2) is 53.0 Å². The second kappa shape index (κ2) is 9.43. The van der Waals surface area contributed by atoms with Gasteiger partial charge in [0.15, 0.2) is 0 Å². The molecule has 1 aliphatic rings. The van der Waals surface area contributed by atoms with Crippen molar-refractivity contribution in [2.75, 3.05) is 13.6 Å². The van der Waals surface area contributed by atoms with Crippen molar-refractivity contribution in [2.24, 2.45) is 0 Å². The van der Waals surface area contributed by atoms with Crippen molar-refractivity contribution in [3.8, 4) is 0 Å². The molecule has 5 nitrogen and oxygen atoms in total. The Hall–Kier alpha value is -2.05. The maximum Gasteiger partial charge on any atom is 0.318 e. The second-order valence-corrected chi connectivity index (χ2v) is 8.31. The fourth-order valence-corrected chi connectivity index (χ4v) is 3.73. The molecular formula is C21H23BrClN3O2. The molecule has 1 heterocycles. The standard InChI is InChI=1S/C21H23BrClN3O2/c1-25(14-16-6-10-18(23)11-7-16)20(27)19-3-2-12-26(19)21(28)24-13-15-4-8-17(22)9-5-15/h4-11,19H,2-3,12-14H2,1H3,(H,24,28)/t19-/m1/s1. The van der Waals surface area contributed by atoms with E-state index in [1.54, 1.807) is 16.8 Å². The number of urea groups is 1. The molecule has 3 rings (SSSR count). The van der Waals surface area contributed by atoms with Gasteiger partial charge < -0.3 is 15.1 Å². The predicted molar refractivity (Wildman–Crippen MR) is 114 cm³/mol. The van der Waals surface area contributed by atoms with Crippen molar-refractivity contribution in [3.05, 3.63) is 69.2 Å². The Morgan fingerprint density at radius 3 is 2.46 bits per heavy atom. The summed E-state index contributed by atoms with van der Waals surface area (Å²) >= 11 is 9.32. The average Bonchev–Trinajstić information content (AvgIpc) is 3.18.